The average Bonchev–Trinajstić information content (AvgIpc) is 2.92. The number of hydrogen-bond donors (Lipinski definition) is 3. The fourth-order valence-corrected chi connectivity index (χ4v) is 0.456. The molecule has 0 saturated carbocycles. The first-order chi connectivity index (χ1) is 7.24. The Kier molecular flexibility index (Phi) is 3.54. The number of hydrogen-bond acceptors (Lipinski definition) is 9. The number of nitrogens with two attached hydrogens (primary N) is 1. The number of anilines is 1. The lowest BCUT2D eigenvalue weighted by molar-refractivity contribution is -0.440. The van der Waals surface area contributed by atoms with Gasteiger partial charge in [0.05, 0.1) is 5.10 Å². The molecule has 0 aliphatic rings. The molecule has 0 unspecified atom stereocenters. The summed E-state index contributed by atoms with van der Waals surface area (Å²) in [5.41, 5.74) is 2.25. The Labute approximate surface area is 80.6 Å². The van der Waals surface area contributed by atoms with Gasteiger partial charge in [0.25, 0.3) is 5.95 Å². The predicted molar refractivity (Wildman–Crippen MR) is 40.5 cm³/mol. The van der Waals surface area contributed by atoms with Crippen LogP contribution < -0.4 is 21.5 Å². The number of H-pyrrole nitrogens is 2. The second kappa shape index (κ2) is 5.12. The van der Waals surface area contributed by atoms with Gasteiger partial charge in [0.2, 0.25) is 0 Å². The molecule has 0 aliphatic carbocycles. The third kappa shape index (κ3) is 3.27. The SMILES string of the molecule is NNc1nn[nH][nH+]1.O=[N+]([O-])c1nnn[n-]1. The summed E-state index contributed by atoms with van der Waals surface area (Å²) in [4.78, 5) is 8.90. The average molecular weight is 215 g/mol. The van der Waals surface area contributed by atoms with E-state index in [1.165, 1.54) is 0 Å². The first-order valence-electron chi connectivity index (χ1n) is 3.32. The minimum atomic E-state index is -0.764. The maximum Gasteiger partial charge on any atom is 0.413 e. The van der Waals surface area contributed by atoms with Gasteiger partial charge in [-0.25, -0.2) is 11.3 Å². The van der Waals surface area contributed by atoms with E-state index in [1.54, 1.807) is 0 Å². The van der Waals surface area contributed by atoms with Crippen molar-refractivity contribution in [2.24, 2.45) is 5.84 Å². The van der Waals surface area contributed by atoms with E-state index in [2.05, 4.69) is 46.7 Å². The number of aromatic amines is 2. The maximum absolute atomic E-state index is 9.66. The predicted octanol–water partition coefficient (Wildman–Crippen LogP) is -3.36. The number of nitrogen functional groups attached to an aromatic ring is 1. The van der Waals surface area contributed by atoms with Gasteiger partial charge in [0, 0.05) is 0 Å². The van der Waals surface area contributed by atoms with Crippen molar-refractivity contribution in [3.8, 4) is 0 Å². The molecule has 0 spiro atoms. The van der Waals surface area contributed by atoms with Gasteiger partial charge in [-0.1, -0.05) is 10.2 Å². The van der Waals surface area contributed by atoms with Crippen LogP contribution in [0.5, 0.6) is 0 Å². The third-order valence-corrected chi connectivity index (χ3v) is 0.983. The second-order valence-electron chi connectivity index (χ2n) is 1.87. The normalized spacial score (nSPS) is 8.87. The van der Waals surface area contributed by atoms with Gasteiger partial charge < -0.3 is 10.1 Å². The number of nitrogens with zero attached hydrogens (tertiary/aromatic N) is 7. The minimum absolute atomic E-state index is 0.417. The number of aromatic nitrogens is 8. The zero-order valence-electron chi connectivity index (χ0n) is 7.02. The fourth-order valence-electron chi connectivity index (χ4n) is 0.456. The Morgan fingerprint density at radius 3 is 2.67 bits per heavy atom. The van der Waals surface area contributed by atoms with Crippen molar-refractivity contribution in [3.63, 3.8) is 0 Å². The molecule has 0 fully saturated rings. The zero-order chi connectivity index (χ0) is 11.1. The Hall–Kier alpha value is -2.70. The molecule has 0 aromatic carbocycles. The Balaban J connectivity index is 0.000000151. The first-order valence-corrected chi connectivity index (χ1v) is 3.32. The Morgan fingerprint density at radius 1 is 1.60 bits per heavy atom. The Morgan fingerprint density at radius 2 is 2.40 bits per heavy atom. The van der Waals surface area contributed by atoms with E-state index in [4.69, 9.17) is 5.84 Å². The molecular formula is C2H5N11O2. The lowest BCUT2D eigenvalue weighted by atomic mass is 11.1. The van der Waals surface area contributed by atoms with Crippen LogP contribution in [0.2, 0.25) is 0 Å². The van der Waals surface area contributed by atoms with E-state index >= 15 is 0 Å². The molecule has 2 heterocycles. The van der Waals surface area contributed by atoms with Crippen LogP contribution in [0.3, 0.4) is 0 Å². The molecule has 13 heteroatoms. The van der Waals surface area contributed by atoms with E-state index in [1.807, 2.05) is 0 Å². The van der Waals surface area contributed by atoms with Gasteiger partial charge in [-0.2, -0.15) is 10.0 Å². The zero-order valence-corrected chi connectivity index (χ0v) is 7.02. The summed E-state index contributed by atoms with van der Waals surface area (Å²) >= 11 is 0. The maximum atomic E-state index is 9.66. The molecule has 0 saturated heterocycles. The number of hydrazine groups is 1. The molecule has 2 rings (SSSR count). The van der Waals surface area contributed by atoms with Gasteiger partial charge in [0.15, 0.2) is 0 Å². The van der Waals surface area contributed by atoms with Crippen LogP contribution >= 0.6 is 0 Å². The van der Waals surface area contributed by atoms with E-state index in [0.717, 1.165) is 0 Å². The van der Waals surface area contributed by atoms with Crippen LogP contribution in [-0.4, -0.2) is 36.0 Å². The van der Waals surface area contributed by atoms with Crippen molar-refractivity contribution < 1.29 is 10.0 Å². The lowest BCUT2D eigenvalue weighted by Gasteiger charge is -1.92. The van der Waals surface area contributed by atoms with Crippen molar-refractivity contribution in [1.29, 1.82) is 0 Å². The number of tetrazole rings is 2. The highest BCUT2D eigenvalue weighted by atomic mass is 16.6. The van der Waals surface area contributed by atoms with Crippen LogP contribution in [0.25, 0.3) is 0 Å². The molecular weight excluding hydrogens is 210 g/mol. The van der Waals surface area contributed by atoms with Crippen molar-refractivity contribution in [2.75, 3.05) is 5.43 Å². The molecule has 2 aromatic rings. The summed E-state index contributed by atoms with van der Waals surface area (Å²) in [6, 6.07) is 0. The highest BCUT2D eigenvalue weighted by molar-refractivity contribution is 5.06. The van der Waals surface area contributed by atoms with Gasteiger partial charge in [-0.15, -0.1) is 5.21 Å². The van der Waals surface area contributed by atoms with Crippen molar-refractivity contribution in [1.82, 2.24) is 36.1 Å². The minimum Gasteiger partial charge on any atom is -0.458 e. The molecule has 13 nitrogen and oxygen atoms in total. The van der Waals surface area contributed by atoms with Crippen molar-refractivity contribution >= 4 is 11.9 Å². The molecule has 0 bridgehead atoms. The highest BCUT2D eigenvalue weighted by Crippen LogP contribution is 1.90. The van der Waals surface area contributed by atoms with Crippen LogP contribution in [0.4, 0.5) is 11.9 Å². The molecule has 2 aromatic heterocycles. The van der Waals surface area contributed by atoms with E-state index < -0.39 is 10.9 Å². The van der Waals surface area contributed by atoms with Gasteiger partial charge in [-0.3, -0.25) is 0 Å². The summed E-state index contributed by atoms with van der Waals surface area (Å²) < 4.78 is 0. The summed E-state index contributed by atoms with van der Waals surface area (Å²) in [6.45, 7) is 0. The molecule has 5 N–H and O–H groups in total. The van der Waals surface area contributed by atoms with E-state index in [-0.39, 0.29) is 0 Å². The lowest BCUT2D eigenvalue weighted by Crippen LogP contribution is -2.17. The fraction of sp³-hybridized carbons (Fsp3) is 0. The summed E-state index contributed by atoms with van der Waals surface area (Å²) in [6.07, 6.45) is 0. The quantitative estimate of drug-likeness (QED) is 0.259. The van der Waals surface area contributed by atoms with Crippen LogP contribution in [0, 0.1) is 10.1 Å². The molecule has 15 heavy (non-hydrogen) atoms. The first kappa shape index (κ1) is 10.4. The van der Waals surface area contributed by atoms with E-state index in [9.17, 15) is 10.1 Å². The second-order valence-corrected chi connectivity index (χ2v) is 1.87. The summed E-state index contributed by atoms with van der Waals surface area (Å²) in [7, 11) is 0. The molecule has 0 amide bonds. The molecule has 0 atom stereocenters. The largest absolute Gasteiger partial charge is 0.458 e. The highest BCUT2D eigenvalue weighted by Gasteiger charge is 1.96. The molecule has 80 valence electrons. The molecule has 0 radical (unpaired) electrons. The third-order valence-electron chi connectivity index (χ3n) is 0.983. The van der Waals surface area contributed by atoms with Crippen molar-refractivity contribution in [2.45, 2.75) is 0 Å². The van der Waals surface area contributed by atoms with Gasteiger partial charge in [0.1, 0.15) is 5.21 Å². The monoisotopic (exact) mass is 215 g/mol. The van der Waals surface area contributed by atoms with Gasteiger partial charge >= 0.3 is 5.95 Å². The van der Waals surface area contributed by atoms with Crippen molar-refractivity contribution in [3.05, 3.63) is 10.1 Å². The number of nitro groups is 1. The van der Waals surface area contributed by atoms with Crippen LogP contribution in [-0.2, 0) is 0 Å². The smallest absolute Gasteiger partial charge is 0.413 e. The number of rotatable bonds is 2. The standard InChI is InChI=1S/CH4N6.CN5O2/c2-3-1-4-6-7-5-1;7-6(8)1-2-4-5-3-1/h2H2,(H2,3,4,5,6,7);/q;-1/p+1. The topological polar surface area (TPSA) is 190 Å². The van der Waals surface area contributed by atoms with E-state index in [0.29, 0.717) is 5.95 Å². The number of nitrogens with one attached hydrogen (secondary N) is 3. The van der Waals surface area contributed by atoms with Gasteiger partial charge in [-0.05, 0) is 10.4 Å². The van der Waals surface area contributed by atoms with Crippen LogP contribution in [0.1, 0.15) is 0 Å². The van der Waals surface area contributed by atoms with Crippen LogP contribution in [0.15, 0.2) is 0 Å². The summed E-state index contributed by atoms with van der Waals surface area (Å²) in [5, 5.41) is 32.9. The molecule has 0 aliphatic heterocycles. The summed E-state index contributed by atoms with van der Waals surface area (Å²) in [5.74, 6) is 4.74. The Bertz CT molecular complexity index is 377.